The Morgan fingerprint density at radius 2 is 1.90 bits per heavy atom. The average Bonchev–Trinajstić information content (AvgIpc) is 2.83. The third kappa shape index (κ3) is 4.69. The summed E-state index contributed by atoms with van der Waals surface area (Å²) in [6, 6.07) is 8.04. The first-order valence-electron chi connectivity index (χ1n) is 6.38. The first kappa shape index (κ1) is 16.8. The van der Waals surface area contributed by atoms with Crippen LogP contribution < -0.4 is 0 Å². The Morgan fingerprint density at radius 1 is 1.25 bits per heavy atom. The van der Waals surface area contributed by atoms with Crippen LogP contribution in [0, 0.1) is 5.41 Å². The summed E-state index contributed by atoms with van der Waals surface area (Å²) in [5, 5.41) is 0.777. The lowest BCUT2D eigenvalue weighted by Gasteiger charge is -2.23. The Balaban J connectivity index is 0.00000200. The number of rotatable bonds is 3. The average molecular weight is 311 g/mol. The number of nitrogens with zero attached hydrogens (tertiary/aromatic N) is 2. The molecule has 0 atom stereocenters. The van der Waals surface area contributed by atoms with Crippen LogP contribution in [-0.4, -0.2) is 9.55 Å². The molecule has 0 amide bonds. The second-order valence-corrected chi connectivity index (χ2v) is 6.15. The van der Waals surface area contributed by atoms with Crippen molar-refractivity contribution >= 4 is 30.2 Å². The van der Waals surface area contributed by atoms with E-state index in [-0.39, 0.29) is 17.8 Å². The summed E-state index contributed by atoms with van der Waals surface area (Å²) in [5.74, 6) is 0. The molecule has 0 bridgehead atoms. The number of hydrogen-bond donors (Lipinski definition) is 0. The van der Waals surface area contributed by atoms with Crippen LogP contribution in [0.4, 0.5) is 0 Å². The maximum Gasteiger partial charge on any atom is 0.0986 e. The van der Waals surface area contributed by atoms with Gasteiger partial charge in [-0.3, -0.25) is 0 Å². The minimum atomic E-state index is 0. The molecule has 20 heavy (non-hydrogen) atoms. The fourth-order valence-electron chi connectivity index (χ4n) is 1.85. The quantitative estimate of drug-likeness (QED) is 0.772. The molecule has 0 unspecified atom stereocenters. The molecule has 2 aromatic rings. The molecule has 0 spiro atoms. The van der Waals surface area contributed by atoms with Crippen LogP contribution in [0.25, 0.3) is 6.20 Å². The minimum Gasteiger partial charge on any atom is -0.313 e. The van der Waals surface area contributed by atoms with Crippen LogP contribution in [0.2, 0.25) is 5.02 Å². The van der Waals surface area contributed by atoms with Gasteiger partial charge in [0.15, 0.2) is 0 Å². The van der Waals surface area contributed by atoms with Crippen molar-refractivity contribution in [3.05, 3.63) is 59.1 Å². The third-order valence-electron chi connectivity index (χ3n) is 3.10. The Bertz CT molecular complexity index is 549. The highest BCUT2D eigenvalue weighted by atomic mass is 35.5. The van der Waals surface area contributed by atoms with Gasteiger partial charge in [-0.1, -0.05) is 44.5 Å². The zero-order valence-corrected chi connectivity index (χ0v) is 13.6. The number of imidazole rings is 1. The molecule has 0 saturated carbocycles. The summed E-state index contributed by atoms with van der Waals surface area (Å²) in [5.41, 5.74) is 2.74. The van der Waals surface area contributed by atoms with Crippen LogP contribution >= 0.6 is 24.0 Å². The van der Waals surface area contributed by atoms with E-state index >= 15 is 0 Å². The van der Waals surface area contributed by atoms with Gasteiger partial charge in [-0.2, -0.15) is 0 Å². The van der Waals surface area contributed by atoms with Gasteiger partial charge in [0.2, 0.25) is 0 Å². The summed E-state index contributed by atoms with van der Waals surface area (Å²) in [6.07, 6.45) is 8.63. The molecular formula is C16H20Cl2N2. The van der Waals surface area contributed by atoms with E-state index in [1.807, 2.05) is 29.2 Å². The van der Waals surface area contributed by atoms with Crippen molar-refractivity contribution in [3.63, 3.8) is 0 Å². The fraction of sp³-hybridized carbons (Fsp3) is 0.312. The smallest absolute Gasteiger partial charge is 0.0986 e. The molecule has 0 saturated heterocycles. The van der Waals surface area contributed by atoms with Gasteiger partial charge < -0.3 is 4.57 Å². The van der Waals surface area contributed by atoms with Gasteiger partial charge in [0.05, 0.1) is 6.33 Å². The molecule has 1 aromatic heterocycles. The second kappa shape index (κ2) is 6.96. The molecule has 0 aliphatic heterocycles. The molecule has 0 aliphatic carbocycles. The fourth-order valence-corrected chi connectivity index (χ4v) is 1.98. The Morgan fingerprint density at radius 3 is 2.40 bits per heavy atom. The van der Waals surface area contributed by atoms with Crippen molar-refractivity contribution in [3.8, 4) is 0 Å². The highest BCUT2D eigenvalue weighted by molar-refractivity contribution is 6.30. The summed E-state index contributed by atoms with van der Waals surface area (Å²) in [4.78, 5) is 4.08. The molecule has 2 rings (SSSR count). The maximum atomic E-state index is 5.93. The Kier molecular flexibility index (Phi) is 5.85. The van der Waals surface area contributed by atoms with Gasteiger partial charge in [-0.05, 0) is 35.1 Å². The first-order chi connectivity index (χ1) is 8.95. The predicted octanol–water partition coefficient (Wildman–Crippen LogP) is 5.09. The van der Waals surface area contributed by atoms with E-state index in [0.717, 1.165) is 11.4 Å². The Hall–Kier alpha value is -1.25. The molecule has 108 valence electrons. The molecule has 2 nitrogen and oxygen atoms in total. The predicted molar refractivity (Wildman–Crippen MR) is 88.4 cm³/mol. The summed E-state index contributed by atoms with van der Waals surface area (Å²) in [6.45, 7) is 6.68. The monoisotopic (exact) mass is 310 g/mol. The van der Waals surface area contributed by atoms with E-state index in [2.05, 4.69) is 44.1 Å². The molecule has 0 fully saturated rings. The van der Waals surface area contributed by atoms with Gasteiger partial charge in [0, 0.05) is 23.6 Å². The van der Waals surface area contributed by atoms with Crippen molar-refractivity contribution in [1.82, 2.24) is 9.55 Å². The summed E-state index contributed by atoms with van der Waals surface area (Å²) >= 11 is 5.93. The highest BCUT2D eigenvalue weighted by Crippen LogP contribution is 2.29. The second-order valence-electron chi connectivity index (χ2n) is 5.72. The van der Waals surface area contributed by atoms with E-state index in [1.54, 1.807) is 6.20 Å². The topological polar surface area (TPSA) is 17.8 Å². The van der Waals surface area contributed by atoms with Crippen molar-refractivity contribution in [1.29, 1.82) is 0 Å². The van der Waals surface area contributed by atoms with Gasteiger partial charge in [-0.15, -0.1) is 12.4 Å². The van der Waals surface area contributed by atoms with E-state index in [0.29, 0.717) is 0 Å². The van der Waals surface area contributed by atoms with Gasteiger partial charge in [0.1, 0.15) is 0 Å². The standard InChI is InChI=1S/C16H19ClN2.ClH/c1-16(2,3)14(11-19-9-8-18-12-19)10-13-4-6-15(17)7-5-13;/h4-9,11-12H,10H2,1-3H3;1H/b14-11-;. The summed E-state index contributed by atoms with van der Waals surface area (Å²) in [7, 11) is 0. The number of benzene rings is 1. The first-order valence-corrected chi connectivity index (χ1v) is 6.76. The Labute approximate surface area is 131 Å². The summed E-state index contributed by atoms with van der Waals surface area (Å²) < 4.78 is 2.00. The van der Waals surface area contributed by atoms with Crippen LogP contribution in [-0.2, 0) is 6.42 Å². The minimum absolute atomic E-state index is 0. The largest absolute Gasteiger partial charge is 0.313 e. The van der Waals surface area contributed by atoms with Gasteiger partial charge in [-0.25, -0.2) is 4.98 Å². The molecule has 0 radical (unpaired) electrons. The van der Waals surface area contributed by atoms with E-state index < -0.39 is 0 Å². The lowest BCUT2D eigenvalue weighted by Crippen LogP contribution is -2.12. The van der Waals surface area contributed by atoms with Crippen molar-refractivity contribution in [2.75, 3.05) is 0 Å². The molecule has 1 heterocycles. The molecule has 0 N–H and O–H groups in total. The molecular weight excluding hydrogens is 291 g/mol. The van der Waals surface area contributed by atoms with Gasteiger partial charge >= 0.3 is 0 Å². The van der Waals surface area contributed by atoms with E-state index in [1.165, 1.54) is 11.1 Å². The van der Waals surface area contributed by atoms with Crippen LogP contribution in [0.5, 0.6) is 0 Å². The van der Waals surface area contributed by atoms with Crippen LogP contribution in [0.1, 0.15) is 26.3 Å². The molecule has 0 aliphatic rings. The lowest BCUT2D eigenvalue weighted by molar-refractivity contribution is 0.493. The number of allylic oxidation sites excluding steroid dienone is 1. The third-order valence-corrected chi connectivity index (χ3v) is 3.35. The zero-order valence-electron chi connectivity index (χ0n) is 12.0. The number of halogens is 2. The van der Waals surface area contributed by atoms with Crippen LogP contribution in [0.15, 0.2) is 48.6 Å². The van der Waals surface area contributed by atoms with Gasteiger partial charge in [0.25, 0.3) is 0 Å². The zero-order chi connectivity index (χ0) is 13.9. The lowest BCUT2D eigenvalue weighted by atomic mass is 9.83. The van der Waals surface area contributed by atoms with Crippen molar-refractivity contribution < 1.29 is 0 Å². The molecule has 4 heteroatoms. The van der Waals surface area contributed by atoms with E-state index in [4.69, 9.17) is 11.6 Å². The van der Waals surface area contributed by atoms with Crippen LogP contribution in [0.3, 0.4) is 0 Å². The van der Waals surface area contributed by atoms with E-state index in [9.17, 15) is 0 Å². The SMILES string of the molecule is CC(C)(C)/C(=C\n1ccnc1)Cc1ccc(Cl)cc1.Cl. The highest BCUT2D eigenvalue weighted by Gasteiger charge is 2.17. The number of aromatic nitrogens is 2. The number of hydrogen-bond acceptors (Lipinski definition) is 1. The van der Waals surface area contributed by atoms with Crippen molar-refractivity contribution in [2.45, 2.75) is 27.2 Å². The molecule has 1 aromatic carbocycles. The normalized spacial score (nSPS) is 12.1. The maximum absolute atomic E-state index is 5.93. The van der Waals surface area contributed by atoms with Crippen molar-refractivity contribution in [2.24, 2.45) is 5.41 Å².